The van der Waals surface area contributed by atoms with Crippen LogP contribution in [0.25, 0.3) is 0 Å². The number of hydrogen-bond donors (Lipinski definition) is 2. The highest BCUT2D eigenvalue weighted by Gasteiger charge is 2.13. The predicted octanol–water partition coefficient (Wildman–Crippen LogP) is 1.79. The van der Waals surface area contributed by atoms with Gasteiger partial charge in [-0.1, -0.05) is 13.8 Å². The largest absolute Gasteiger partial charge is 0.466 e. The quantitative estimate of drug-likeness (QED) is 0.824. The number of nitrogens with one attached hydrogen (secondary N) is 2. The van der Waals surface area contributed by atoms with Gasteiger partial charge in [0.2, 0.25) is 5.91 Å². The molecule has 19 heavy (non-hydrogen) atoms. The van der Waals surface area contributed by atoms with Crippen molar-refractivity contribution >= 4 is 11.8 Å². The first-order chi connectivity index (χ1) is 8.90. The van der Waals surface area contributed by atoms with Gasteiger partial charge in [0.15, 0.2) is 0 Å². The predicted molar refractivity (Wildman–Crippen MR) is 73.0 cm³/mol. The van der Waals surface area contributed by atoms with Gasteiger partial charge in [-0.05, 0) is 25.8 Å². The lowest BCUT2D eigenvalue weighted by Gasteiger charge is -2.08. The van der Waals surface area contributed by atoms with Crippen LogP contribution < -0.4 is 10.6 Å². The molecular formula is C14H22N2O3. The van der Waals surface area contributed by atoms with Crippen LogP contribution in [0.5, 0.6) is 0 Å². The normalized spacial score (nSPS) is 10.6. The third-order valence-electron chi connectivity index (χ3n) is 2.63. The summed E-state index contributed by atoms with van der Waals surface area (Å²) in [5, 5.41) is 5.51. The topological polar surface area (TPSA) is 71.3 Å². The molecular weight excluding hydrogens is 244 g/mol. The second-order valence-corrected chi connectivity index (χ2v) is 5.03. The molecule has 0 aliphatic carbocycles. The SMILES string of the molecule is Cc1cc(C(=O)NCCC(=O)NCC(C)C)c(C)o1. The Morgan fingerprint density at radius 3 is 2.47 bits per heavy atom. The Labute approximate surface area is 113 Å². The van der Waals surface area contributed by atoms with E-state index in [-0.39, 0.29) is 18.2 Å². The van der Waals surface area contributed by atoms with Gasteiger partial charge in [-0.15, -0.1) is 0 Å². The molecule has 1 heterocycles. The molecule has 0 aliphatic rings. The Balaban J connectivity index is 2.31. The molecule has 0 saturated carbocycles. The molecule has 0 fully saturated rings. The van der Waals surface area contributed by atoms with E-state index in [1.54, 1.807) is 19.9 Å². The van der Waals surface area contributed by atoms with Crippen molar-refractivity contribution in [1.82, 2.24) is 10.6 Å². The lowest BCUT2D eigenvalue weighted by atomic mass is 10.2. The van der Waals surface area contributed by atoms with Gasteiger partial charge in [0.1, 0.15) is 11.5 Å². The number of hydrogen-bond acceptors (Lipinski definition) is 3. The fourth-order valence-electron chi connectivity index (χ4n) is 1.65. The van der Waals surface area contributed by atoms with Crippen molar-refractivity contribution in [2.45, 2.75) is 34.1 Å². The maximum atomic E-state index is 11.8. The third kappa shape index (κ3) is 5.16. The molecule has 0 saturated heterocycles. The zero-order chi connectivity index (χ0) is 14.4. The molecule has 0 aromatic carbocycles. The number of carbonyl (C=O) groups is 2. The summed E-state index contributed by atoms with van der Waals surface area (Å²) >= 11 is 0. The number of amides is 2. The molecule has 1 rings (SSSR count). The van der Waals surface area contributed by atoms with Crippen LogP contribution in [0.15, 0.2) is 10.5 Å². The van der Waals surface area contributed by atoms with Crippen LogP contribution in [-0.4, -0.2) is 24.9 Å². The minimum atomic E-state index is -0.203. The van der Waals surface area contributed by atoms with Crippen LogP contribution in [-0.2, 0) is 4.79 Å². The van der Waals surface area contributed by atoms with E-state index in [0.717, 1.165) is 0 Å². The van der Waals surface area contributed by atoms with Gasteiger partial charge >= 0.3 is 0 Å². The highest BCUT2D eigenvalue weighted by molar-refractivity contribution is 5.95. The average molecular weight is 266 g/mol. The van der Waals surface area contributed by atoms with Crippen LogP contribution in [0.4, 0.5) is 0 Å². The minimum Gasteiger partial charge on any atom is -0.466 e. The average Bonchev–Trinajstić information content (AvgIpc) is 2.65. The first kappa shape index (κ1) is 15.3. The van der Waals surface area contributed by atoms with Crippen molar-refractivity contribution in [2.24, 2.45) is 5.92 Å². The molecule has 0 bridgehead atoms. The van der Waals surface area contributed by atoms with E-state index < -0.39 is 0 Å². The lowest BCUT2D eigenvalue weighted by molar-refractivity contribution is -0.121. The minimum absolute atomic E-state index is 0.0471. The summed E-state index contributed by atoms with van der Waals surface area (Å²) in [6, 6.07) is 1.70. The fraction of sp³-hybridized carbons (Fsp3) is 0.571. The van der Waals surface area contributed by atoms with E-state index in [1.807, 2.05) is 13.8 Å². The van der Waals surface area contributed by atoms with Crippen molar-refractivity contribution < 1.29 is 14.0 Å². The molecule has 0 aliphatic heterocycles. The molecule has 5 heteroatoms. The van der Waals surface area contributed by atoms with E-state index >= 15 is 0 Å². The maximum absolute atomic E-state index is 11.8. The summed E-state index contributed by atoms with van der Waals surface area (Å²) in [6.45, 7) is 8.60. The highest BCUT2D eigenvalue weighted by Crippen LogP contribution is 2.13. The summed E-state index contributed by atoms with van der Waals surface area (Å²) in [5.41, 5.74) is 0.528. The molecule has 0 atom stereocenters. The fourth-order valence-corrected chi connectivity index (χ4v) is 1.65. The Morgan fingerprint density at radius 1 is 1.26 bits per heavy atom. The number of furan rings is 1. The second-order valence-electron chi connectivity index (χ2n) is 5.03. The number of rotatable bonds is 6. The Morgan fingerprint density at radius 2 is 1.95 bits per heavy atom. The highest BCUT2D eigenvalue weighted by atomic mass is 16.3. The summed E-state index contributed by atoms with van der Waals surface area (Å²) in [7, 11) is 0. The standard InChI is InChI=1S/C14H22N2O3/c1-9(2)8-16-13(17)5-6-15-14(18)12-7-10(3)19-11(12)4/h7,9H,5-6,8H2,1-4H3,(H,15,18)(H,16,17). The van der Waals surface area contributed by atoms with Crippen molar-refractivity contribution in [3.8, 4) is 0 Å². The van der Waals surface area contributed by atoms with Crippen molar-refractivity contribution in [1.29, 1.82) is 0 Å². The molecule has 106 valence electrons. The van der Waals surface area contributed by atoms with Gasteiger partial charge in [-0.2, -0.15) is 0 Å². The van der Waals surface area contributed by atoms with Gasteiger partial charge < -0.3 is 15.1 Å². The van der Waals surface area contributed by atoms with Crippen LogP contribution in [0, 0.1) is 19.8 Å². The van der Waals surface area contributed by atoms with E-state index in [1.165, 1.54) is 0 Å². The van der Waals surface area contributed by atoms with Gasteiger partial charge in [0.25, 0.3) is 5.91 Å². The third-order valence-corrected chi connectivity index (χ3v) is 2.63. The van der Waals surface area contributed by atoms with Crippen LogP contribution in [0.1, 0.15) is 42.1 Å². The number of carbonyl (C=O) groups excluding carboxylic acids is 2. The molecule has 0 radical (unpaired) electrons. The van der Waals surface area contributed by atoms with Gasteiger partial charge in [-0.25, -0.2) is 0 Å². The summed E-state index contributed by atoms with van der Waals surface area (Å²) in [5.74, 6) is 1.48. The smallest absolute Gasteiger partial charge is 0.254 e. The van der Waals surface area contributed by atoms with Crippen molar-refractivity contribution in [3.05, 3.63) is 23.2 Å². The lowest BCUT2D eigenvalue weighted by Crippen LogP contribution is -2.32. The molecule has 2 N–H and O–H groups in total. The summed E-state index contributed by atoms with van der Waals surface area (Å²) in [6.07, 6.45) is 0.286. The van der Waals surface area contributed by atoms with E-state index in [0.29, 0.717) is 36.1 Å². The van der Waals surface area contributed by atoms with Crippen LogP contribution in [0.3, 0.4) is 0 Å². The van der Waals surface area contributed by atoms with Crippen molar-refractivity contribution in [2.75, 3.05) is 13.1 Å². The molecule has 5 nitrogen and oxygen atoms in total. The Bertz CT molecular complexity index is 450. The maximum Gasteiger partial charge on any atom is 0.254 e. The van der Waals surface area contributed by atoms with Crippen LogP contribution >= 0.6 is 0 Å². The monoisotopic (exact) mass is 266 g/mol. The second kappa shape index (κ2) is 6.97. The summed E-state index contributed by atoms with van der Waals surface area (Å²) in [4.78, 5) is 23.3. The zero-order valence-corrected chi connectivity index (χ0v) is 12.0. The molecule has 0 spiro atoms. The van der Waals surface area contributed by atoms with E-state index in [9.17, 15) is 9.59 Å². The van der Waals surface area contributed by atoms with E-state index in [4.69, 9.17) is 4.42 Å². The molecule has 0 unspecified atom stereocenters. The Kier molecular flexibility index (Phi) is 5.60. The van der Waals surface area contributed by atoms with Crippen LogP contribution in [0.2, 0.25) is 0 Å². The first-order valence-electron chi connectivity index (χ1n) is 6.52. The molecule has 2 amide bonds. The van der Waals surface area contributed by atoms with Gasteiger partial charge in [0, 0.05) is 19.5 Å². The Hall–Kier alpha value is -1.78. The van der Waals surface area contributed by atoms with Gasteiger partial charge in [0.05, 0.1) is 5.56 Å². The zero-order valence-electron chi connectivity index (χ0n) is 12.0. The number of aryl methyl sites for hydroxylation is 2. The molecule has 1 aromatic rings. The van der Waals surface area contributed by atoms with Crippen molar-refractivity contribution in [3.63, 3.8) is 0 Å². The van der Waals surface area contributed by atoms with E-state index in [2.05, 4.69) is 10.6 Å². The van der Waals surface area contributed by atoms with Gasteiger partial charge in [-0.3, -0.25) is 9.59 Å². The summed E-state index contributed by atoms with van der Waals surface area (Å²) < 4.78 is 5.29. The molecule has 1 aromatic heterocycles. The first-order valence-corrected chi connectivity index (χ1v) is 6.52.